The van der Waals surface area contributed by atoms with Gasteiger partial charge in [-0.15, -0.1) is 0 Å². The fourth-order valence-corrected chi connectivity index (χ4v) is 2.87. The quantitative estimate of drug-likeness (QED) is 0.643. The molecule has 0 aromatic carbocycles. The molecule has 1 saturated heterocycles. The average Bonchev–Trinajstić information content (AvgIpc) is 2.13. The first kappa shape index (κ1) is 8.01. The summed E-state index contributed by atoms with van der Waals surface area (Å²) in [7, 11) is -2.90. The summed E-state index contributed by atoms with van der Waals surface area (Å²) in [6.45, 7) is 2.64. The average molecular weight is 163 g/mol. The minimum atomic E-state index is -2.90. The van der Waals surface area contributed by atoms with Crippen molar-refractivity contribution < 1.29 is 8.42 Å². The minimum Gasteiger partial charge on any atom is -0.215 e. The molecule has 0 saturated carbocycles. The van der Waals surface area contributed by atoms with E-state index in [0.29, 0.717) is 6.54 Å². The Bertz CT molecular complexity index is 198. The van der Waals surface area contributed by atoms with E-state index in [1.54, 1.807) is 0 Å². The molecule has 60 valence electrons. The summed E-state index contributed by atoms with van der Waals surface area (Å²) < 4.78 is 24.6. The lowest BCUT2D eigenvalue weighted by atomic mass is 10.2. The molecule has 1 atom stereocenters. The predicted octanol–water partition coefficient (Wildman–Crippen LogP) is 0.478. The zero-order chi connectivity index (χ0) is 7.61. The van der Waals surface area contributed by atoms with E-state index in [0.717, 1.165) is 19.3 Å². The fourth-order valence-electron chi connectivity index (χ4n) is 1.26. The Labute approximate surface area is 61.9 Å². The maximum absolute atomic E-state index is 11.0. The van der Waals surface area contributed by atoms with E-state index in [-0.39, 0.29) is 5.25 Å². The molecule has 1 aliphatic heterocycles. The smallest absolute Gasteiger partial charge is 0.214 e. The lowest BCUT2D eigenvalue weighted by Gasteiger charge is -2.04. The van der Waals surface area contributed by atoms with Crippen LogP contribution < -0.4 is 4.72 Å². The zero-order valence-electron chi connectivity index (χ0n) is 6.13. The van der Waals surface area contributed by atoms with Crippen molar-refractivity contribution >= 4 is 10.0 Å². The molecule has 0 amide bonds. The van der Waals surface area contributed by atoms with Crippen LogP contribution in [0.2, 0.25) is 0 Å². The molecule has 1 fully saturated rings. The van der Waals surface area contributed by atoms with Crippen molar-refractivity contribution in [2.75, 3.05) is 6.54 Å². The van der Waals surface area contributed by atoms with Gasteiger partial charge in [0.2, 0.25) is 10.0 Å². The maximum Gasteiger partial charge on any atom is 0.214 e. The monoisotopic (exact) mass is 163 g/mol. The molecule has 0 spiro atoms. The van der Waals surface area contributed by atoms with Crippen LogP contribution in [0.5, 0.6) is 0 Å². The van der Waals surface area contributed by atoms with Gasteiger partial charge in [-0.1, -0.05) is 13.3 Å². The first-order chi connectivity index (χ1) is 4.67. The Kier molecular flexibility index (Phi) is 2.31. The molecule has 0 bridgehead atoms. The van der Waals surface area contributed by atoms with Crippen LogP contribution >= 0.6 is 0 Å². The van der Waals surface area contributed by atoms with Crippen LogP contribution in [0, 0.1) is 0 Å². The molecule has 4 heteroatoms. The lowest BCUT2D eigenvalue weighted by Crippen LogP contribution is -2.22. The van der Waals surface area contributed by atoms with Gasteiger partial charge in [-0.05, 0) is 12.8 Å². The zero-order valence-corrected chi connectivity index (χ0v) is 6.95. The summed E-state index contributed by atoms with van der Waals surface area (Å²) in [6, 6.07) is 0. The molecular formula is C6H13NO2S. The van der Waals surface area contributed by atoms with E-state index >= 15 is 0 Å². The number of sulfonamides is 1. The topological polar surface area (TPSA) is 46.2 Å². The molecule has 3 nitrogen and oxygen atoms in total. The predicted molar refractivity (Wildman–Crippen MR) is 40.2 cm³/mol. The van der Waals surface area contributed by atoms with Crippen molar-refractivity contribution in [1.82, 2.24) is 4.72 Å². The molecule has 0 aliphatic carbocycles. The van der Waals surface area contributed by atoms with Gasteiger partial charge in [-0.25, -0.2) is 13.1 Å². The highest BCUT2D eigenvalue weighted by Crippen LogP contribution is 2.15. The number of rotatable bonds is 2. The molecule has 1 N–H and O–H groups in total. The Balaban J connectivity index is 2.60. The molecule has 0 aromatic heterocycles. The van der Waals surface area contributed by atoms with E-state index in [9.17, 15) is 8.42 Å². The second kappa shape index (κ2) is 2.88. The number of hydrogen-bond acceptors (Lipinski definition) is 2. The molecule has 1 aliphatic rings. The summed E-state index contributed by atoms with van der Waals surface area (Å²) in [5.74, 6) is 0. The van der Waals surface area contributed by atoms with Gasteiger partial charge in [0.15, 0.2) is 0 Å². The second-order valence-corrected chi connectivity index (χ2v) is 4.68. The summed E-state index contributed by atoms with van der Waals surface area (Å²) in [5, 5.41) is -0.113. The Morgan fingerprint density at radius 1 is 1.60 bits per heavy atom. The Morgan fingerprint density at radius 3 is 2.70 bits per heavy atom. The van der Waals surface area contributed by atoms with Gasteiger partial charge in [-0.3, -0.25) is 0 Å². The van der Waals surface area contributed by atoms with Crippen LogP contribution in [-0.2, 0) is 10.0 Å². The van der Waals surface area contributed by atoms with E-state index in [2.05, 4.69) is 4.72 Å². The van der Waals surface area contributed by atoms with E-state index in [4.69, 9.17) is 0 Å². The van der Waals surface area contributed by atoms with Crippen molar-refractivity contribution in [2.24, 2.45) is 0 Å². The molecular weight excluding hydrogens is 150 g/mol. The van der Waals surface area contributed by atoms with Crippen LogP contribution in [0.4, 0.5) is 0 Å². The normalized spacial score (nSPS) is 30.7. The van der Waals surface area contributed by atoms with Crippen LogP contribution in [0.15, 0.2) is 0 Å². The molecule has 1 unspecified atom stereocenters. The lowest BCUT2D eigenvalue weighted by molar-refractivity contribution is 0.576. The molecule has 0 aromatic rings. The van der Waals surface area contributed by atoms with Gasteiger partial charge in [0.05, 0.1) is 5.25 Å². The van der Waals surface area contributed by atoms with E-state index in [1.807, 2.05) is 6.92 Å². The van der Waals surface area contributed by atoms with E-state index in [1.165, 1.54) is 0 Å². The van der Waals surface area contributed by atoms with Crippen LogP contribution in [0.25, 0.3) is 0 Å². The SMILES string of the molecule is CCCC1CCNS1(=O)=O. The summed E-state index contributed by atoms with van der Waals surface area (Å²) >= 11 is 0. The van der Waals surface area contributed by atoms with Crippen LogP contribution in [-0.4, -0.2) is 20.2 Å². The van der Waals surface area contributed by atoms with Crippen molar-refractivity contribution in [3.8, 4) is 0 Å². The molecule has 1 heterocycles. The molecule has 1 rings (SSSR count). The first-order valence-corrected chi connectivity index (χ1v) is 5.20. The van der Waals surface area contributed by atoms with Crippen molar-refractivity contribution in [1.29, 1.82) is 0 Å². The van der Waals surface area contributed by atoms with Gasteiger partial charge in [0.25, 0.3) is 0 Å². The van der Waals surface area contributed by atoms with Crippen molar-refractivity contribution in [3.63, 3.8) is 0 Å². The van der Waals surface area contributed by atoms with Crippen molar-refractivity contribution in [3.05, 3.63) is 0 Å². The van der Waals surface area contributed by atoms with Crippen molar-refractivity contribution in [2.45, 2.75) is 31.4 Å². The largest absolute Gasteiger partial charge is 0.215 e. The Hall–Kier alpha value is -0.0900. The minimum absolute atomic E-state index is 0.113. The molecule has 10 heavy (non-hydrogen) atoms. The van der Waals surface area contributed by atoms with Gasteiger partial charge in [0, 0.05) is 6.54 Å². The third kappa shape index (κ3) is 1.49. The third-order valence-electron chi connectivity index (χ3n) is 1.82. The summed E-state index contributed by atoms with van der Waals surface area (Å²) in [4.78, 5) is 0. The van der Waals surface area contributed by atoms with Gasteiger partial charge in [-0.2, -0.15) is 0 Å². The maximum atomic E-state index is 11.0. The summed E-state index contributed by atoms with van der Waals surface area (Å²) in [5.41, 5.74) is 0. The van der Waals surface area contributed by atoms with E-state index < -0.39 is 10.0 Å². The van der Waals surface area contributed by atoms with Crippen LogP contribution in [0.1, 0.15) is 26.2 Å². The van der Waals surface area contributed by atoms with Gasteiger partial charge < -0.3 is 0 Å². The summed E-state index contributed by atoms with van der Waals surface area (Å²) in [6.07, 6.45) is 2.54. The highest BCUT2D eigenvalue weighted by molar-refractivity contribution is 7.90. The second-order valence-electron chi connectivity index (χ2n) is 2.64. The van der Waals surface area contributed by atoms with Gasteiger partial charge >= 0.3 is 0 Å². The molecule has 0 radical (unpaired) electrons. The number of hydrogen-bond donors (Lipinski definition) is 1. The highest BCUT2D eigenvalue weighted by Gasteiger charge is 2.29. The fraction of sp³-hybridized carbons (Fsp3) is 1.00. The third-order valence-corrected chi connectivity index (χ3v) is 3.77. The van der Waals surface area contributed by atoms with Gasteiger partial charge in [0.1, 0.15) is 0 Å². The number of nitrogens with one attached hydrogen (secondary N) is 1. The standard InChI is InChI=1S/C6H13NO2S/c1-2-3-6-4-5-7-10(6,8)9/h6-7H,2-5H2,1H3. The first-order valence-electron chi connectivity index (χ1n) is 3.65. The highest BCUT2D eigenvalue weighted by atomic mass is 32.2. The van der Waals surface area contributed by atoms with Crippen LogP contribution in [0.3, 0.4) is 0 Å². The Morgan fingerprint density at radius 2 is 2.30 bits per heavy atom.